The zero-order valence-electron chi connectivity index (χ0n) is 9.64. The molecule has 0 spiro atoms. The molecule has 1 aliphatic rings. The summed E-state index contributed by atoms with van der Waals surface area (Å²) in [6, 6.07) is 0. The molecule has 6 heteroatoms. The number of carbonyl (C=O) groups excluding carboxylic acids is 1. The van der Waals surface area contributed by atoms with Gasteiger partial charge in [-0.1, -0.05) is 12.8 Å². The highest BCUT2D eigenvalue weighted by atomic mass is 16.4. The summed E-state index contributed by atoms with van der Waals surface area (Å²) < 4.78 is 1.57. The van der Waals surface area contributed by atoms with Crippen molar-refractivity contribution < 1.29 is 14.7 Å². The molecule has 1 aromatic rings. The first-order valence-electron chi connectivity index (χ1n) is 5.57. The van der Waals surface area contributed by atoms with E-state index < -0.39 is 11.5 Å². The number of aliphatic carboxylic acids is 1. The summed E-state index contributed by atoms with van der Waals surface area (Å²) in [5.74, 6) is -1.33. The van der Waals surface area contributed by atoms with Gasteiger partial charge >= 0.3 is 5.97 Å². The SMILES string of the molecule is Cn1cncc1C(=O)NC1(C(=O)O)CCCC1. The van der Waals surface area contributed by atoms with E-state index in [-0.39, 0.29) is 5.91 Å². The lowest BCUT2D eigenvalue weighted by molar-refractivity contribution is -0.144. The quantitative estimate of drug-likeness (QED) is 0.804. The Morgan fingerprint density at radius 3 is 2.59 bits per heavy atom. The Kier molecular flexibility index (Phi) is 2.87. The van der Waals surface area contributed by atoms with Gasteiger partial charge in [-0.3, -0.25) is 4.79 Å². The van der Waals surface area contributed by atoms with Gasteiger partial charge in [-0.2, -0.15) is 0 Å². The molecule has 0 bridgehead atoms. The Hall–Kier alpha value is -1.85. The van der Waals surface area contributed by atoms with E-state index >= 15 is 0 Å². The number of nitrogens with zero attached hydrogens (tertiary/aromatic N) is 2. The van der Waals surface area contributed by atoms with Crippen molar-refractivity contribution in [2.45, 2.75) is 31.2 Å². The van der Waals surface area contributed by atoms with E-state index in [2.05, 4.69) is 10.3 Å². The summed E-state index contributed by atoms with van der Waals surface area (Å²) in [7, 11) is 1.70. The number of hydrogen-bond acceptors (Lipinski definition) is 3. The minimum absolute atomic E-state index is 0.373. The van der Waals surface area contributed by atoms with Crippen LogP contribution in [-0.4, -0.2) is 32.1 Å². The molecular formula is C11H15N3O3. The molecule has 0 radical (unpaired) electrons. The molecule has 2 rings (SSSR count). The lowest BCUT2D eigenvalue weighted by Crippen LogP contribution is -2.52. The van der Waals surface area contributed by atoms with Gasteiger partial charge in [0.1, 0.15) is 11.2 Å². The van der Waals surface area contributed by atoms with E-state index in [9.17, 15) is 14.7 Å². The molecule has 1 heterocycles. The minimum atomic E-state index is -1.10. The van der Waals surface area contributed by atoms with Crippen LogP contribution in [0.15, 0.2) is 12.5 Å². The summed E-state index contributed by atoms with van der Waals surface area (Å²) in [4.78, 5) is 27.1. The molecule has 0 unspecified atom stereocenters. The van der Waals surface area contributed by atoms with Gasteiger partial charge in [-0.05, 0) is 12.8 Å². The van der Waals surface area contributed by atoms with Crippen LogP contribution in [-0.2, 0) is 11.8 Å². The number of amides is 1. The Labute approximate surface area is 98.7 Å². The Morgan fingerprint density at radius 1 is 1.47 bits per heavy atom. The molecule has 0 aliphatic heterocycles. The number of imidazole rings is 1. The molecular weight excluding hydrogens is 222 g/mol. The van der Waals surface area contributed by atoms with Gasteiger partial charge in [0.15, 0.2) is 0 Å². The molecule has 92 valence electrons. The summed E-state index contributed by atoms with van der Waals surface area (Å²) in [6.45, 7) is 0. The number of carboxylic acids is 1. The van der Waals surface area contributed by atoms with Crippen molar-refractivity contribution in [3.63, 3.8) is 0 Å². The van der Waals surface area contributed by atoms with Gasteiger partial charge in [0.25, 0.3) is 5.91 Å². The average Bonchev–Trinajstić information content (AvgIpc) is 2.87. The van der Waals surface area contributed by atoms with Crippen molar-refractivity contribution in [2.24, 2.45) is 7.05 Å². The molecule has 2 N–H and O–H groups in total. The van der Waals surface area contributed by atoms with E-state index in [1.54, 1.807) is 11.6 Å². The smallest absolute Gasteiger partial charge is 0.329 e. The van der Waals surface area contributed by atoms with Crippen molar-refractivity contribution in [3.05, 3.63) is 18.2 Å². The normalized spacial score (nSPS) is 17.9. The molecule has 1 amide bonds. The van der Waals surface area contributed by atoms with Crippen LogP contribution in [0.1, 0.15) is 36.2 Å². The Bertz CT molecular complexity index is 447. The maximum atomic E-state index is 12.0. The van der Waals surface area contributed by atoms with Crippen LogP contribution in [0.25, 0.3) is 0 Å². The van der Waals surface area contributed by atoms with Crippen LogP contribution in [0, 0.1) is 0 Å². The Balaban J connectivity index is 2.17. The lowest BCUT2D eigenvalue weighted by atomic mass is 9.97. The van der Waals surface area contributed by atoms with Gasteiger partial charge < -0.3 is 15.0 Å². The van der Waals surface area contributed by atoms with Gasteiger partial charge in [0.05, 0.1) is 12.5 Å². The van der Waals surface area contributed by atoms with Crippen molar-refractivity contribution in [1.82, 2.24) is 14.9 Å². The molecule has 0 atom stereocenters. The molecule has 1 saturated carbocycles. The zero-order valence-corrected chi connectivity index (χ0v) is 9.64. The highest BCUT2D eigenvalue weighted by molar-refractivity contribution is 5.96. The molecule has 1 fully saturated rings. The third kappa shape index (κ3) is 2.02. The number of carboxylic acid groups (broad SMARTS) is 1. The topological polar surface area (TPSA) is 84.2 Å². The van der Waals surface area contributed by atoms with Gasteiger partial charge in [-0.25, -0.2) is 9.78 Å². The van der Waals surface area contributed by atoms with Gasteiger partial charge in [-0.15, -0.1) is 0 Å². The van der Waals surface area contributed by atoms with E-state index in [1.165, 1.54) is 12.5 Å². The van der Waals surface area contributed by atoms with Gasteiger partial charge in [0, 0.05) is 7.05 Å². The fourth-order valence-electron chi connectivity index (χ4n) is 2.23. The largest absolute Gasteiger partial charge is 0.480 e. The van der Waals surface area contributed by atoms with Crippen molar-refractivity contribution in [2.75, 3.05) is 0 Å². The van der Waals surface area contributed by atoms with E-state index in [1.807, 2.05) is 0 Å². The fraction of sp³-hybridized carbons (Fsp3) is 0.545. The van der Waals surface area contributed by atoms with Crippen molar-refractivity contribution >= 4 is 11.9 Å². The van der Waals surface area contributed by atoms with Crippen LogP contribution in [0.4, 0.5) is 0 Å². The highest BCUT2D eigenvalue weighted by Crippen LogP contribution is 2.30. The fourth-order valence-corrected chi connectivity index (χ4v) is 2.23. The van der Waals surface area contributed by atoms with E-state index in [4.69, 9.17) is 0 Å². The second-order valence-corrected chi connectivity index (χ2v) is 4.44. The van der Waals surface area contributed by atoms with Crippen LogP contribution in [0.3, 0.4) is 0 Å². The first-order valence-corrected chi connectivity index (χ1v) is 5.57. The number of rotatable bonds is 3. The molecule has 1 aliphatic carbocycles. The van der Waals surface area contributed by atoms with Crippen LogP contribution >= 0.6 is 0 Å². The predicted molar refractivity (Wildman–Crippen MR) is 59.5 cm³/mol. The number of carbonyl (C=O) groups is 2. The second kappa shape index (κ2) is 4.20. The number of hydrogen-bond donors (Lipinski definition) is 2. The summed E-state index contributed by atoms with van der Waals surface area (Å²) >= 11 is 0. The molecule has 0 aromatic carbocycles. The number of aryl methyl sites for hydroxylation is 1. The number of aromatic nitrogens is 2. The molecule has 1 aromatic heterocycles. The first kappa shape index (κ1) is 11.6. The first-order chi connectivity index (χ1) is 8.05. The van der Waals surface area contributed by atoms with Crippen LogP contribution in [0.5, 0.6) is 0 Å². The molecule has 17 heavy (non-hydrogen) atoms. The maximum absolute atomic E-state index is 12.0. The zero-order chi connectivity index (χ0) is 12.5. The lowest BCUT2D eigenvalue weighted by Gasteiger charge is -2.25. The summed E-state index contributed by atoms with van der Waals surface area (Å²) in [6.07, 6.45) is 5.59. The van der Waals surface area contributed by atoms with Crippen molar-refractivity contribution in [3.8, 4) is 0 Å². The molecule has 0 saturated heterocycles. The Morgan fingerprint density at radius 2 is 2.12 bits per heavy atom. The van der Waals surface area contributed by atoms with E-state index in [0.717, 1.165) is 12.8 Å². The third-order valence-corrected chi connectivity index (χ3v) is 3.27. The monoisotopic (exact) mass is 237 g/mol. The van der Waals surface area contributed by atoms with Crippen molar-refractivity contribution in [1.29, 1.82) is 0 Å². The highest BCUT2D eigenvalue weighted by Gasteiger charge is 2.42. The third-order valence-electron chi connectivity index (χ3n) is 3.27. The minimum Gasteiger partial charge on any atom is -0.480 e. The molecule has 6 nitrogen and oxygen atoms in total. The average molecular weight is 237 g/mol. The summed E-state index contributed by atoms with van der Waals surface area (Å²) in [5.41, 5.74) is -0.723. The standard InChI is InChI=1S/C11H15N3O3/c1-14-7-12-6-8(14)9(15)13-11(10(16)17)4-2-3-5-11/h6-7H,2-5H2,1H3,(H,13,15)(H,16,17). The van der Waals surface area contributed by atoms with Crippen LogP contribution in [0.2, 0.25) is 0 Å². The second-order valence-electron chi connectivity index (χ2n) is 4.44. The number of nitrogens with one attached hydrogen (secondary N) is 1. The summed E-state index contributed by atoms with van der Waals surface area (Å²) in [5, 5.41) is 11.9. The van der Waals surface area contributed by atoms with Gasteiger partial charge in [0.2, 0.25) is 0 Å². The maximum Gasteiger partial charge on any atom is 0.329 e. The van der Waals surface area contributed by atoms with Crippen LogP contribution < -0.4 is 5.32 Å². The predicted octanol–water partition coefficient (Wildman–Crippen LogP) is 0.547. The van der Waals surface area contributed by atoms with E-state index in [0.29, 0.717) is 18.5 Å².